The van der Waals surface area contributed by atoms with Gasteiger partial charge < -0.3 is 10.2 Å². The number of aromatic nitrogens is 2. The van der Waals surface area contributed by atoms with E-state index in [0.717, 1.165) is 49.8 Å². The van der Waals surface area contributed by atoms with Crippen molar-refractivity contribution in [3.05, 3.63) is 47.2 Å². The second kappa shape index (κ2) is 6.12. The van der Waals surface area contributed by atoms with Crippen LogP contribution in [0, 0.1) is 6.92 Å². The van der Waals surface area contributed by atoms with Gasteiger partial charge in [-0.3, -0.25) is 0 Å². The van der Waals surface area contributed by atoms with Crippen LogP contribution >= 0.6 is 0 Å². The van der Waals surface area contributed by atoms with Gasteiger partial charge in [-0.05, 0) is 30.9 Å². The summed E-state index contributed by atoms with van der Waals surface area (Å²) in [4.78, 5) is 11.4. The van der Waals surface area contributed by atoms with E-state index in [-0.39, 0.29) is 0 Å². The van der Waals surface area contributed by atoms with Gasteiger partial charge in [0.2, 0.25) is 5.95 Å². The summed E-state index contributed by atoms with van der Waals surface area (Å²) < 4.78 is 0. The van der Waals surface area contributed by atoms with E-state index in [0.29, 0.717) is 0 Å². The van der Waals surface area contributed by atoms with Crippen molar-refractivity contribution < 1.29 is 0 Å². The van der Waals surface area contributed by atoms with Gasteiger partial charge in [-0.15, -0.1) is 0 Å². The van der Waals surface area contributed by atoms with E-state index in [1.165, 1.54) is 11.1 Å². The second-order valence-electron chi connectivity index (χ2n) is 5.57. The van der Waals surface area contributed by atoms with Crippen molar-refractivity contribution in [2.75, 3.05) is 23.3 Å². The summed E-state index contributed by atoms with van der Waals surface area (Å²) in [5.41, 5.74) is 4.01. The fourth-order valence-corrected chi connectivity index (χ4v) is 2.75. The van der Waals surface area contributed by atoms with Gasteiger partial charge in [-0.1, -0.05) is 31.2 Å². The predicted octanol–water partition coefficient (Wildman–Crippen LogP) is 3.17. The molecular weight excluding hydrogens is 260 g/mol. The van der Waals surface area contributed by atoms with Crippen molar-refractivity contribution in [1.29, 1.82) is 0 Å². The molecule has 1 aliphatic heterocycles. The van der Waals surface area contributed by atoms with Crippen LogP contribution in [0.2, 0.25) is 0 Å². The van der Waals surface area contributed by atoms with Crippen LogP contribution in [-0.4, -0.2) is 23.1 Å². The molecule has 4 nitrogen and oxygen atoms in total. The van der Waals surface area contributed by atoms with E-state index in [1.807, 2.05) is 6.20 Å². The molecule has 4 heteroatoms. The molecule has 0 unspecified atom stereocenters. The first kappa shape index (κ1) is 13.9. The summed E-state index contributed by atoms with van der Waals surface area (Å²) in [5.74, 6) is 1.79. The van der Waals surface area contributed by atoms with Crippen molar-refractivity contribution in [3.63, 3.8) is 0 Å². The van der Waals surface area contributed by atoms with Crippen LogP contribution in [0.5, 0.6) is 0 Å². The van der Waals surface area contributed by atoms with Crippen LogP contribution in [0.1, 0.15) is 30.0 Å². The molecule has 1 aromatic heterocycles. The molecular formula is C17H22N4. The molecule has 0 fully saturated rings. The zero-order valence-corrected chi connectivity index (χ0v) is 12.8. The molecule has 0 bridgehead atoms. The highest BCUT2D eigenvalue weighted by Gasteiger charge is 2.19. The summed E-state index contributed by atoms with van der Waals surface area (Å²) in [6.07, 6.45) is 4.07. The maximum atomic E-state index is 4.71. The summed E-state index contributed by atoms with van der Waals surface area (Å²) in [6, 6.07) is 8.68. The van der Waals surface area contributed by atoms with Crippen molar-refractivity contribution >= 4 is 11.8 Å². The quantitative estimate of drug-likeness (QED) is 0.935. The number of fused-ring (bicyclic) bond motifs is 1. The molecule has 0 saturated heterocycles. The third-order valence-electron chi connectivity index (χ3n) is 3.91. The van der Waals surface area contributed by atoms with E-state index < -0.39 is 0 Å². The molecule has 0 atom stereocenters. The zero-order valence-electron chi connectivity index (χ0n) is 12.8. The van der Waals surface area contributed by atoms with E-state index >= 15 is 0 Å². The van der Waals surface area contributed by atoms with E-state index in [2.05, 4.69) is 53.3 Å². The normalized spacial score (nSPS) is 13.9. The lowest BCUT2D eigenvalue weighted by atomic mass is 10.00. The lowest BCUT2D eigenvalue weighted by Gasteiger charge is -2.30. The van der Waals surface area contributed by atoms with Gasteiger partial charge >= 0.3 is 0 Å². The van der Waals surface area contributed by atoms with Crippen LogP contribution in [0.25, 0.3) is 0 Å². The number of nitrogens with one attached hydrogen (secondary N) is 1. The zero-order chi connectivity index (χ0) is 14.7. The smallest absolute Gasteiger partial charge is 0.224 e. The molecule has 0 spiro atoms. The second-order valence-corrected chi connectivity index (χ2v) is 5.57. The fraction of sp³-hybridized carbons (Fsp3) is 0.412. The van der Waals surface area contributed by atoms with Crippen LogP contribution in [0.15, 0.2) is 30.5 Å². The van der Waals surface area contributed by atoms with Crippen LogP contribution in [-0.2, 0) is 13.0 Å². The molecule has 0 saturated carbocycles. The summed E-state index contributed by atoms with van der Waals surface area (Å²) in [6.45, 7) is 7.08. The molecule has 3 rings (SSSR count). The van der Waals surface area contributed by atoms with Gasteiger partial charge in [0.05, 0.1) is 0 Å². The average Bonchev–Trinajstić information content (AvgIpc) is 2.53. The Hall–Kier alpha value is -2.10. The summed E-state index contributed by atoms with van der Waals surface area (Å²) >= 11 is 0. The first-order valence-electron chi connectivity index (χ1n) is 7.67. The van der Waals surface area contributed by atoms with Crippen molar-refractivity contribution in [2.24, 2.45) is 0 Å². The lowest BCUT2D eigenvalue weighted by Crippen LogP contribution is -2.31. The van der Waals surface area contributed by atoms with Gasteiger partial charge in [0.25, 0.3) is 0 Å². The third kappa shape index (κ3) is 2.99. The largest absolute Gasteiger partial charge is 0.354 e. The Morgan fingerprint density at radius 2 is 2.05 bits per heavy atom. The van der Waals surface area contributed by atoms with Crippen molar-refractivity contribution in [1.82, 2.24) is 9.97 Å². The minimum Gasteiger partial charge on any atom is -0.354 e. The molecule has 1 aromatic carbocycles. The highest BCUT2D eigenvalue weighted by Crippen LogP contribution is 2.25. The SMILES string of the molecule is CCCNc1ncc(C)c(N2CCc3ccccc3C2)n1. The van der Waals surface area contributed by atoms with Crippen LogP contribution < -0.4 is 10.2 Å². The number of nitrogens with zero attached hydrogens (tertiary/aromatic N) is 3. The fourth-order valence-electron chi connectivity index (χ4n) is 2.75. The maximum absolute atomic E-state index is 4.71. The van der Waals surface area contributed by atoms with Crippen molar-refractivity contribution in [3.8, 4) is 0 Å². The van der Waals surface area contributed by atoms with Gasteiger partial charge in [0, 0.05) is 31.4 Å². The Labute approximate surface area is 126 Å². The Morgan fingerprint density at radius 3 is 2.86 bits per heavy atom. The Kier molecular flexibility index (Phi) is 4.04. The third-order valence-corrected chi connectivity index (χ3v) is 3.91. The first-order valence-corrected chi connectivity index (χ1v) is 7.67. The topological polar surface area (TPSA) is 41.1 Å². The number of aryl methyl sites for hydroxylation is 1. The number of benzene rings is 1. The standard InChI is InChI=1S/C17H22N4/c1-3-9-18-17-19-11-13(2)16(20-17)21-10-8-14-6-4-5-7-15(14)12-21/h4-7,11H,3,8-10,12H2,1-2H3,(H,18,19,20). The molecule has 21 heavy (non-hydrogen) atoms. The summed E-state index contributed by atoms with van der Waals surface area (Å²) in [5, 5.41) is 3.27. The molecule has 1 aliphatic rings. The van der Waals surface area contributed by atoms with E-state index in [4.69, 9.17) is 4.98 Å². The molecule has 0 amide bonds. The Bertz CT molecular complexity index is 624. The maximum Gasteiger partial charge on any atom is 0.224 e. The van der Waals surface area contributed by atoms with E-state index in [1.54, 1.807) is 0 Å². The monoisotopic (exact) mass is 282 g/mol. The Morgan fingerprint density at radius 1 is 1.24 bits per heavy atom. The number of hydrogen-bond donors (Lipinski definition) is 1. The van der Waals surface area contributed by atoms with Gasteiger partial charge in [0.1, 0.15) is 5.82 Å². The van der Waals surface area contributed by atoms with E-state index in [9.17, 15) is 0 Å². The molecule has 0 aliphatic carbocycles. The van der Waals surface area contributed by atoms with Gasteiger partial charge in [0.15, 0.2) is 0 Å². The van der Waals surface area contributed by atoms with Crippen LogP contribution in [0.4, 0.5) is 11.8 Å². The molecule has 110 valence electrons. The highest BCUT2D eigenvalue weighted by atomic mass is 15.2. The Balaban J connectivity index is 1.84. The minimum absolute atomic E-state index is 0.733. The molecule has 2 aromatic rings. The predicted molar refractivity (Wildman–Crippen MR) is 86.7 cm³/mol. The summed E-state index contributed by atoms with van der Waals surface area (Å²) in [7, 11) is 0. The molecule has 2 heterocycles. The average molecular weight is 282 g/mol. The number of anilines is 2. The number of rotatable bonds is 4. The highest BCUT2D eigenvalue weighted by molar-refractivity contribution is 5.51. The minimum atomic E-state index is 0.733. The van der Waals surface area contributed by atoms with Crippen LogP contribution in [0.3, 0.4) is 0 Å². The number of hydrogen-bond acceptors (Lipinski definition) is 4. The molecule has 0 radical (unpaired) electrons. The van der Waals surface area contributed by atoms with Gasteiger partial charge in [-0.2, -0.15) is 4.98 Å². The lowest BCUT2D eigenvalue weighted by molar-refractivity contribution is 0.716. The first-order chi connectivity index (χ1) is 10.3. The van der Waals surface area contributed by atoms with Crippen molar-refractivity contribution in [2.45, 2.75) is 33.2 Å². The molecule has 1 N–H and O–H groups in total. The van der Waals surface area contributed by atoms with Gasteiger partial charge in [-0.25, -0.2) is 4.98 Å².